The van der Waals surface area contributed by atoms with E-state index in [1.54, 1.807) is 18.2 Å². The van der Waals surface area contributed by atoms with E-state index in [4.69, 9.17) is 27.9 Å². The molecule has 158 valence electrons. The summed E-state index contributed by atoms with van der Waals surface area (Å²) < 4.78 is 32.2. The Kier molecular flexibility index (Phi) is 7.95. The molecule has 0 spiro atoms. The molecule has 3 rings (SSSR count). The molecule has 1 aliphatic heterocycles. The topological polar surface area (TPSA) is 75.7 Å². The van der Waals surface area contributed by atoms with Crippen LogP contribution in [0.3, 0.4) is 0 Å². The highest BCUT2D eigenvalue weighted by molar-refractivity contribution is 7.91. The minimum atomic E-state index is -3.49. The molecule has 10 heteroatoms. The first kappa shape index (κ1) is 22.5. The van der Waals surface area contributed by atoms with E-state index < -0.39 is 10.0 Å². The molecule has 6 nitrogen and oxygen atoms in total. The van der Waals surface area contributed by atoms with Gasteiger partial charge in [-0.25, -0.2) is 8.42 Å². The van der Waals surface area contributed by atoms with E-state index in [0.29, 0.717) is 59.9 Å². The van der Waals surface area contributed by atoms with Gasteiger partial charge in [0.15, 0.2) is 0 Å². The van der Waals surface area contributed by atoms with Crippen LogP contribution >= 0.6 is 34.5 Å². The predicted octanol–water partition coefficient (Wildman–Crippen LogP) is 3.71. The van der Waals surface area contributed by atoms with Gasteiger partial charge in [0.1, 0.15) is 4.21 Å². The van der Waals surface area contributed by atoms with Gasteiger partial charge >= 0.3 is 0 Å². The quantitative estimate of drug-likeness (QED) is 0.629. The van der Waals surface area contributed by atoms with Gasteiger partial charge in [0.2, 0.25) is 5.91 Å². The third-order valence-electron chi connectivity index (χ3n) is 4.51. The second-order valence-corrected chi connectivity index (χ2v) is 10.8. The highest BCUT2D eigenvalue weighted by Gasteiger charge is 2.27. The molecule has 2 heterocycles. The van der Waals surface area contributed by atoms with Crippen molar-refractivity contribution in [2.75, 3.05) is 26.3 Å². The Hall–Kier alpha value is -1.16. The Bertz CT molecular complexity index is 957. The number of nitrogens with one attached hydrogen (secondary N) is 1. The number of rotatable bonds is 8. The summed E-state index contributed by atoms with van der Waals surface area (Å²) >= 11 is 13.1. The minimum Gasteiger partial charge on any atom is -0.379 e. The van der Waals surface area contributed by atoms with Crippen molar-refractivity contribution < 1.29 is 17.9 Å². The largest absolute Gasteiger partial charge is 0.379 e. The number of amides is 1. The van der Waals surface area contributed by atoms with E-state index >= 15 is 0 Å². The van der Waals surface area contributed by atoms with E-state index in [9.17, 15) is 13.2 Å². The lowest BCUT2D eigenvalue weighted by Gasteiger charge is -2.25. The summed E-state index contributed by atoms with van der Waals surface area (Å²) in [5.41, 5.74) is 1.03. The fourth-order valence-electron chi connectivity index (χ4n) is 2.93. The number of aryl methyl sites for hydroxylation is 1. The first-order chi connectivity index (χ1) is 13.9. The van der Waals surface area contributed by atoms with E-state index in [-0.39, 0.29) is 5.91 Å². The molecule has 1 aliphatic rings. The molecule has 0 aliphatic carbocycles. The number of hydrogen-bond acceptors (Lipinski definition) is 5. The number of carbonyl (C=O) groups is 1. The van der Waals surface area contributed by atoms with E-state index in [1.807, 2.05) is 12.1 Å². The fraction of sp³-hybridized carbons (Fsp3) is 0.421. The molecule has 1 aromatic carbocycles. The summed E-state index contributed by atoms with van der Waals surface area (Å²) in [6.45, 7) is 1.87. The van der Waals surface area contributed by atoms with Crippen LogP contribution < -0.4 is 5.32 Å². The summed E-state index contributed by atoms with van der Waals surface area (Å²) in [5, 5.41) is 3.87. The maximum Gasteiger partial charge on any atom is 0.252 e. The lowest BCUT2D eigenvalue weighted by atomic mass is 10.1. The number of sulfonamides is 1. The van der Waals surface area contributed by atoms with Crippen LogP contribution in [0.2, 0.25) is 10.0 Å². The van der Waals surface area contributed by atoms with Crippen molar-refractivity contribution in [3.8, 4) is 0 Å². The average Bonchev–Trinajstić information content (AvgIpc) is 3.20. The average molecular weight is 477 g/mol. The van der Waals surface area contributed by atoms with Gasteiger partial charge in [-0.15, -0.1) is 11.3 Å². The van der Waals surface area contributed by atoms with Crippen LogP contribution in [0.5, 0.6) is 0 Å². The van der Waals surface area contributed by atoms with Gasteiger partial charge in [-0.2, -0.15) is 4.31 Å². The number of benzene rings is 1. The van der Waals surface area contributed by atoms with Crippen LogP contribution in [0.4, 0.5) is 0 Å². The fourth-order valence-corrected chi connectivity index (χ4v) is 6.11. The Morgan fingerprint density at radius 1 is 1.14 bits per heavy atom. The molecular weight excluding hydrogens is 455 g/mol. The number of ether oxygens (including phenoxy) is 1. The lowest BCUT2D eigenvalue weighted by Crippen LogP contribution is -2.40. The molecule has 0 saturated carbocycles. The highest BCUT2D eigenvalue weighted by atomic mass is 35.5. The Labute approximate surface area is 184 Å². The predicted molar refractivity (Wildman–Crippen MR) is 115 cm³/mol. The molecule has 1 fully saturated rings. The van der Waals surface area contributed by atoms with Gasteiger partial charge in [-0.3, -0.25) is 4.79 Å². The zero-order valence-corrected chi connectivity index (χ0v) is 18.8. The third-order valence-corrected chi connectivity index (χ3v) is 8.70. The molecule has 1 saturated heterocycles. The molecule has 0 bridgehead atoms. The maximum absolute atomic E-state index is 12.6. The maximum atomic E-state index is 12.6. The van der Waals surface area contributed by atoms with Gasteiger partial charge in [0, 0.05) is 24.4 Å². The van der Waals surface area contributed by atoms with Crippen LogP contribution in [0.1, 0.15) is 23.3 Å². The summed E-state index contributed by atoms with van der Waals surface area (Å²) in [4.78, 5) is 12.9. The number of halogens is 2. The van der Waals surface area contributed by atoms with Gasteiger partial charge < -0.3 is 10.1 Å². The normalized spacial score (nSPS) is 15.4. The molecule has 0 radical (unpaired) electrons. The van der Waals surface area contributed by atoms with Crippen molar-refractivity contribution in [1.82, 2.24) is 9.62 Å². The van der Waals surface area contributed by atoms with Crippen molar-refractivity contribution in [3.63, 3.8) is 0 Å². The first-order valence-corrected chi connectivity index (χ1v) is 12.2. The number of morpholine rings is 1. The monoisotopic (exact) mass is 476 g/mol. The van der Waals surface area contributed by atoms with E-state index in [0.717, 1.165) is 16.9 Å². The Balaban J connectivity index is 1.45. The van der Waals surface area contributed by atoms with Crippen LogP contribution in [0, 0.1) is 0 Å². The van der Waals surface area contributed by atoms with E-state index in [2.05, 4.69) is 5.32 Å². The number of nitrogens with zero attached hydrogens (tertiary/aromatic N) is 1. The summed E-state index contributed by atoms with van der Waals surface area (Å²) in [5.74, 6) is -0.0731. The van der Waals surface area contributed by atoms with Gasteiger partial charge in [0.05, 0.1) is 29.8 Å². The standard InChI is InChI=1S/C19H22Cl2N2O4S2/c20-16-6-4-14(12-17(16)21)2-1-3-18(24)22-13-15-5-7-19(28-15)29(25,26)23-8-10-27-11-9-23/h4-7,12H,1-3,8-11,13H2,(H,22,24). The van der Waals surface area contributed by atoms with Crippen molar-refractivity contribution >= 4 is 50.5 Å². The summed E-state index contributed by atoms with van der Waals surface area (Å²) in [6, 6.07) is 8.80. The van der Waals surface area contributed by atoms with Crippen LogP contribution in [-0.2, 0) is 32.5 Å². The van der Waals surface area contributed by atoms with Crippen molar-refractivity contribution in [3.05, 3.63) is 50.8 Å². The van der Waals surface area contributed by atoms with Crippen molar-refractivity contribution in [1.29, 1.82) is 0 Å². The minimum absolute atomic E-state index is 0.0731. The van der Waals surface area contributed by atoms with Crippen LogP contribution in [0.25, 0.3) is 0 Å². The lowest BCUT2D eigenvalue weighted by molar-refractivity contribution is -0.121. The summed E-state index contributed by atoms with van der Waals surface area (Å²) in [7, 11) is -3.49. The molecule has 0 atom stereocenters. The number of hydrogen-bond donors (Lipinski definition) is 1. The van der Waals surface area contributed by atoms with Crippen LogP contribution in [-0.4, -0.2) is 44.9 Å². The van der Waals surface area contributed by atoms with Crippen LogP contribution in [0.15, 0.2) is 34.5 Å². The Morgan fingerprint density at radius 2 is 1.90 bits per heavy atom. The highest BCUT2D eigenvalue weighted by Crippen LogP contribution is 2.26. The van der Waals surface area contributed by atoms with Gasteiger partial charge in [-0.1, -0.05) is 29.3 Å². The van der Waals surface area contributed by atoms with Gasteiger partial charge in [-0.05, 0) is 42.7 Å². The van der Waals surface area contributed by atoms with Crippen molar-refractivity contribution in [2.24, 2.45) is 0 Å². The van der Waals surface area contributed by atoms with E-state index in [1.165, 1.54) is 15.6 Å². The van der Waals surface area contributed by atoms with Gasteiger partial charge in [0.25, 0.3) is 10.0 Å². The molecular formula is C19H22Cl2N2O4S2. The first-order valence-electron chi connectivity index (χ1n) is 9.23. The van der Waals surface area contributed by atoms with Crippen molar-refractivity contribution in [2.45, 2.75) is 30.0 Å². The zero-order chi connectivity index (χ0) is 20.9. The number of thiophene rings is 1. The second-order valence-electron chi connectivity index (χ2n) is 6.62. The zero-order valence-electron chi connectivity index (χ0n) is 15.7. The molecule has 29 heavy (non-hydrogen) atoms. The second kappa shape index (κ2) is 10.2. The molecule has 1 N–H and O–H groups in total. The SMILES string of the molecule is O=C(CCCc1ccc(Cl)c(Cl)c1)NCc1ccc(S(=O)(=O)N2CCOCC2)s1. The summed E-state index contributed by atoms with van der Waals surface area (Å²) in [6.07, 6.45) is 1.79. The smallest absolute Gasteiger partial charge is 0.252 e. The molecule has 1 aromatic heterocycles. The molecule has 2 aromatic rings. The molecule has 0 unspecified atom stereocenters. The molecule has 1 amide bonds. The number of carbonyl (C=O) groups excluding carboxylic acids is 1. The Morgan fingerprint density at radius 3 is 2.62 bits per heavy atom. The third kappa shape index (κ3) is 6.16.